The Morgan fingerprint density at radius 1 is 1.19 bits per heavy atom. The SMILES string of the molecule is COc1ccc2nc(CCl)n(-c3ccc(F)cc3F)c2n1. The van der Waals surface area contributed by atoms with Crippen molar-refractivity contribution in [2.75, 3.05) is 7.11 Å². The first-order valence-electron chi connectivity index (χ1n) is 6.08. The van der Waals surface area contributed by atoms with E-state index in [1.165, 1.54) is 23.8 Å². The van der Waals surface area contributed by atoms with Gasteiger partial charge >= 0.3 is 0 Å². The van der Waals surface area contributed by atoms with Crippen molar-refractivity contribution in [3.63, 3.8) is 0 Å². The van der Waals surface area contributed by atoms with Gasteiger partial charge in [-0.05, 0) is 18.2 Å². The smallest absolute Gasteiger partial charge is 0.215 e. The summed E-state index contributed by atoms with van der Waals surface area (Å²) >= 11 is 5.87. The molecule has 0 amide bonds. The van der Waals surface area contributed by atoms with Crippen molar-refractivity contribution in [1.29, 1.82) is 0 Å². The number of pyridine rings is 1. The highest BCUT2D eigenvalue weighted by molar-refractivity contribution is 6.16. The minimum Gasteiger partial charge on any atom is -0.481 e. The number of methoxy groups -OCH3 is 1. The van der Waals surface area contributed by atoms with E-state index in [0.717, 1.165) is 6.07 Å². The van der Waals surface area contributed by atoms with Crippen LogP contribution in [0.5, 0.6) is 5.88 Å². The maximum atomic E-state index is 14.0. The van der Waals surface area contributed by atoms with Gasteiger partial charge in [0.2, 0.25) is 5.88 Å². The Morgan fingerprint density at radius 2 is 2.00 bits per heavy atom. The van der Waals surface area contributed by atoms with Gasteiger partial charge in [-0.1, -0.05) is 0 Å². The second kappa shape index (κ2) is 5.29. The number of aromatic nitrogens is 3. The Labute approximate surface area is 124 Å². The molecule has 4 nitrogen and oxygen atoms in total. The van der Waals surface area contributed by atoms with Gasteiger partial charge in [0.25, 0.3) is 0 Å². The summed E-state index contributed by atoms with van der Waals surface area (Å²) in [5.74, 6) is -0.524. The van der Waals surface area contributed by atoms with Gasteiger partial charge in [-0.15, -0.1) is 11.6 Å². The summed E-state index contributed by atoms with van der Waals surface area (Å²) in [5, 5.41) is 0. The molecule has 0 aliphatic heterocycles. The average molecular weight is 310 g/mol. The fourth-order valence-electron chi connectivity index (χ4n) is 2.11. The van der Waals surface area contributed by atoms with Gasteiger partial charge in [0.1, 0.15) is 23.0 Å². The molecule has 1 aromatic carbocycles. The highest BCUT2D eigenvalue weighted by Gasteiger charge is 2.17. The number of hydrogen-bond acceptors (Lipinski definition) is 3. The molecule has 0 atom stereocenters. The predicted molar refractivity (Wildman–Crippen MR) is 74.9 cm³/mol. The molecule has 0 bridgehead atoms. The molecule has 0 aliphatic rings. The molecule has 2 aromatic heterocycles. The highest BCUT2D eigenvalue weighted by atomic mass is 35.5. The Kier molecular flexibility index (Phi) is 3.47. The standard InChI is InChI=1S/C14H10ClF2N3O/c1-21-13-5-3-10-14(19-13)20(12(7-15)18-10)11-4-2-8(16)6-9(11)17/h2-6H,7H2,1H3. The van der Waals surface area contributed by atoms with Gasteiger partial charge in [-0.3, -0.25) is 4.57 Å². The maximum absolute atomic E-state index is 14.0. The van der Waals surface area contributed by atoms with E-state index in [0.29, 0.717) is 22.9 Å². The van der Waals surface area contributed by atoms with Crippen LogP contribution < -0.4 is 4.74 Å². The lowest BCUT2D eigenvalue weighted by atomic mass is 10.3. The highest BCUT2D eigenvalue weighted by Crippen LogP contribution is 2.25. The number of alkyl halides is 1. The minimum absolute atomic E-state index is 0.0650. The largest absolute Gasteiger partial charge is 0.481 e. The van der Waals surface area contributed by atoms with E-state index >= 15 is 0 Å². The molecule has 0 saturated heterocycles. The average Bonchev–Trinajstić information content (AvgIpc) is 2.84. The van der Waals surface area contributed by atoms with Gasteiger partial charge in [-0.2, -0.15) is 4.98 Å². The second-order valence-corrected chi connectivity index (χ2v) is 4.56. The zero-order chi connectivity index (χ0) is 15.0. The summed E-state index contributed by atoms with van der Waals surface area (Å²) in [5.41, 5.74) is 1.08. The van der Waals surface area contributed by atoms with Crippen LogP contribution in [0.1, 0.15) is 5.82 Å². The number of ether oxygens (including phenoxy) is 1. The summed E-state index contributed by atoms with van der Waals surface area (Å²) in [6.07, 6.45) is 0. The topological polar surface area (TPSA) is 39.9 Å². The molecule has 0 fully saturated rings. The first-order valence-corrected chi connectivity index (χ1v) is 6.61. The van der Waals surface area contributed by atoms with Crippen LogP contribution in [0.15, 0.2) is 30.3 Å². The summed E-state index contributed by atoms with van der Waals surface area (Å²) < 4.78 is 33.7. The monoisotopic (exact) mass is 309 g/mol. The van der Waals surface area contributed by atoms with Crippen molar-refractivity contribution in [2.24, 2.45) is 0 Å². The Morgan fingerprint density at radius 3 is 2.67 bits per heavy atom. The molecule has 0 unspecified atom stereocenters. The molecule has 0 radical (unpaired) electrons. The summed E-state index contributed by atoms with van der Waals surface area (Å²) in [7, 11) is 1.48. The van der Waals surface area contributed by atoms with E-state index in [-0.39, 0.29) is 11.6 Å². The number of imidazole rings is 1. The number of halogens is 3. The quantitative estimate of drug-likeness (QED) is 0.696. The van der Waals surface area contributed by atoms with E-state index in [9.17, 15) is 8.78 Å². The second-order valence-electron chi connectivity index (χ2n) is 4.29. The van der Waals surface area contributed by atoms with Crippen LogP contribution >= 0.6 is 11.6 Å². The molecule has 2 heterocycles. The van der Waals surface area contributed by atoms with E-state index in [2.05, 4.69) is 9.97 Å². The molecule has 21 heavy (non-hydrogen) atoms. The summed E-state index contributed by atoms with van der Waals surface area (Å²) in [4.78, 5) is 8.56. The fourth-order valence-corrected chi connectivity index (χ4v) is 2.29. The molecule has 7 heteroatoms. The van der Waals surface area contributed by atoms with Crippen molar-refractivity contribution in [3.8, 4) is 11.6 Å². The molecule has 0 aliphatic carbocycles. The van der Waals surface area contributed by atoms with E-state index in [1.807, 2.05) is 0 Å². The van der Waals surface area contributed by atoms with Crippen LogP contribution in [0.4, 0.5) is 8.78 Å². The molecule has 108 valence electrons. The maximum Gasteiger partial charge on any atom is 0.215 e. The van der Waals surface area contributed by atoms with Crippen LogP contribution in [-0.4, -0.2) is 21.6 Å². The zero-order valence-corrected chi connectivity index (χ0v) is 11.7. The van der Waals surface area contributed by atoms with E-state index < -0.39 is 11.6 Å². The minimum atomic E-state index is -0.717. The van der Waals surface area contributed by atoms with E-state index in [4.69, 9.17) is 16.3 Å². The van der Waals surface area contributed by atoms with Gasteiger partial charge < -0.3 is 4.74 Å². The number of rotatable bonds is 3. The Balaban J connectivity index is 2.33. The molecule has 3 rings (SSSR count). The number of fused-ring (bicyclic) bond motifs is 1. The Hall–Kier alpha value is -2.21. The third kappa shape index (κ3) is 2.31. The van der Waals surface area contributed by atoms with Crippen LogP contribution in [0, 0.1) is 11.6 Å². The normalized spacial score (nSPS) is 11.0. The fraction of sp³-hybridized carbons (Fsp3) is 0.143. The predicted octanol–water partition coefficient (Wildman–Crippen LogP) is 3.45. The van der Waals surface area contributed by atoms with E-state index in [1.54, 1.807) is 12.1 Å². The molecule has 3 aromatic rings. The van der Waals surface area contributed by atoms with Crippen LogP contribution in [0.25, 0.3) is 16.9 Å². The van der Waals surface area contributed by atoms with Gasteiger partial charge in [0.15, 0.2) is 5.65 Å². The number of benzene rings is 1. The molecule has 0 saturated carbocycles. The third-order valence-corrected chi connectivity index (χ3v) is 3.27. The molecule has 0 spiro atoms. The van der Waals surface area contributed by atoms with Crippen LogP contribution in [-0.2, 0) is 5.88 Å². The van der Waals surface area contributed by atoms with Crippen molar-refractivity contribution < 1.29 is 13.5 Å². The van der Waals surface area contributed by atoms with Gasteiger partial charge in [0, 0.05) is 12.1 Å². The Bertz CT molecular complexity index is 819. The lowest BCUT2D eigenvalue weighted by molar-refractivity contribution is 0.399. The molecular weight excluding hydrogens is 300 g/mol. The van der Waals surface area contributed by atoms with Crippen molar-refractivity contribution in [1.82, 2.24) is 14.5 Å². The summed E-state index contributed by atoms with van der Waals surface area (Å²) in [6.45, 7) is 0. The molecule has 0 N–H and O–H groups in total. The van der Waals surface area contributed by atoms with Gasteiger partial charge in [0.05, 0.1) is 18.7 Å². The molecular formula is C14H10ClF2N3O. The lowest BCUT2D eigenvalue weighted by Crippen LogP contribution is -2.03. The first kappa shape index (κ1) is 13.8. The van der Waals surface area contributed by atoms with Crippen molar-refractivity contribution >= 4 is 22.8 Å². The van der Waals surface area contributed by atoms with Crippen molar-refractivity contribution in [3.05, 3.63) is 47.8 Å². The van der Waals surface area contributed by atoms with Gasteiger partial charge in [-0.25, -0.2) is 13.8 Å². The lowest BCUT2D eigenvalue weighted by Gasteiger charge is -2.08. The van der Waals surface area contributed by atoms with Crippen LogP contribution in [0.2, 0.25) is 0 Å². The first-order chi connectivity index (χ1) is 10.1. The zero-order valence-electron chi connectivity index (χ0n) is 11.0. The van der Waals surface area contributed by atoms with Crippen LogP contribution in [0.3, 0.4) is 0 Å². The third-order valence-electron chi connectivity index (χ3n) is 3.03. The number of hydrogen-bond donors (Lipinski definition) is 0. The van der Waals surface area contributed by atoms with Crippen molar-refractivity contribution in [2.45, 2.75) is 5.88 Å². The summed E-state index contributed by atoms with van der Waals surface area (Å²) in [6, 6.07) is 6.65. The number of nitrogens with zero attached hydrogens (tertiary/aromatic N) is 3.